The molecule has 8 nitrogen and oxygen atoms in total. The molecule has 2 atom stereocenters. The molecule has 0 fully saturated rings. The molecule has 0 saturated heterocycles. The van der Waals surface area contributed by atoms with Crippen LogP contribution in [0.5, 0.6) is 0 Å². The highest BCUT2D eigenvalue weighted by Gasteiger charge is 2.23. The quantitative estimate of drug-likeness (QED) is 0.440. The second-order valence-corrected chi connectivity index (χ2v) is 3.93. The Bertz CT molecular complexity index is 376. The van der Waals surface area contributed by atoms with E-state index in [4.69, 9.17) is 9.47 Å². The minimum atomic E-state index is -1.18. The summed E-state index contributed by atoms with van der Waals surface area (Å²) < 4.78 is 18.5. The average molecular weight is 290 g/mol. The van der Waals surface area contributed by atoms with Crippen molar-refractivity contribution in [2.45, 2.75) is 33.0 Å². The zero-order chi connectivity index (χ0) is 15.7. The van der Waals surface area contributed by atoms with E-state index in [0.717, 1.165) is 0 Å². The number of methoxy groups -OCH3 is 1. The van der Waals surface area contributed by atoms with Gasteiger partial charge in [-0.2, -0.15) is 0 Å². The van der Waals surface area contributed by atoms with Gasteiger partial charge in [-0.15, -0.1) is 0 Å². The second kappa shape index (κ2) is 9.03. The number of Topliss-reactive ketones (excluding diaryl/α,β-unsaturated/α-hetero) is 1. The van der Waals surface area contributed by atoms with Crippen LogP contribution in [0.15, 0.2) is 0 Å². The first kappa shape index (κ1) is 18.0. The molecule has 2 unspecified atom stereocenters. The van der Waals surface area contributed by atoms with Crippen LogP contribution in [0.25, 0.3) is 0 Å². The van der Waals surface area contributed by atoms with E-state index >= 15 is 0 Å². The molecule has 0 aliphatic carbocycles. The van der Waals surface area contributed by atoms with Crippen molar-refractivity contribution in [3.05, 3.63) is 0 Å². The van der Waals surface area contributed by atoms with Gasteiger partial charge in [0.2, 0.25) is 0 Å². The van der Waals surface area contributed by atoms with Crippen molar-refractivity contribution in [3.63, 3.8) is 0 Å². The van der Waals surface area contributed by atoms with E-state index < -0.39 is 36.7 Å². The second-order valence-electron chi connectivity index (χ2n) is 3.93. The first-order valence-corrected chi connectivity index (χ1v) is 5.83. The maximum Gasteiger partial charge on any atom is 0.347 e. The Morgan fingerprint density at radius 2 is 1.50 bits per heavy atom. The van der Waals surface area contributed by atoms with E-state index in [1.165, 1.54) is 27.9 Å². The molecule has 0 aromatic heterocycles. The minimum Gasteiger partial charge on any atom is -0.455 e. The van der Waals surface area contributed by atoms with Crippen LogP contribution in [0.3, 0.4) is 0 Å². The van der Waals surface area contributed by atoms with Crippen molar-refractivity contribution in [3.8, 4) is 0 Å². The van der Waals surface area contributed by atoms with E-state index in [2.05, 4.69) is 9.47 Å². The summed E-state index contributed by atoms with van der Waals surface area (Å²) in [5.74, 6) is -2.82. The molecule has 0 aliphatic heterocycles. The molecule has 8 heteroatoms. The molecule has 0 heterocycles. The zero-order valence-corrected chi connectivity index (χ0v) is 11.8. The maximum absolute atomic E-state index is 11.4. The van der Waals surface area contributed by atoms with Crippen LogP contribution in [0.1, 0.15) is 20.8 Å². The lowest BCUT2D eigenvalue weighted by Gasteiger charge is -2.14. The topological polar surface area (TPSA) is 105 Å². The fraction of sp³-hybridized carbons (Fsp3) is 0.667. The summed E-state index contributed by atoms with van der Waals surface area (Å²) in [6, 6.07) is 0. The highest BCUT2D eigenvalue weighted by Crippen LogP contribution is 2.00. The number of rotatable bonds is 8. The van der Waals surface area contributed by atoms with E-state index in [-0.39, 0.29) is 12.4 Å². The van der Waals surface area contributed by atoms with Gasteiger partial charge in [-0.05, 0) is 20.8 Å². The standard InChI is InChI=1S/C12H18O8/c1-7(13)5-18-10(14)6-19-11(15)9(3)20-12(16)8(2)17-4/h8-9H,5-6H2,1-4H3. The number of ketones is 1. The molecule has 0 aromatic carbocycles. The average Bonchev–Trinajstić information content (AvgIpc) is 2.40. The number of carbonyl (C=O) groups is 4. The van der Waals surface area contributed by atoms with E-state index in [0.29, 0.717) is 0 Å². The van der Waals surface area contributed by atoms with Gasteiger partial charge >= 0.3 is 17.9 Å². The lowest BCUT2D eigenvalue weighted by molar-refractivity contribution is -0.175. The van der Waals surface area contributed by atoms with Gasteiger partial charge in [0.1, 0.15) is 6.61 Å². The molecule has 0 radical (unpaired) electrons. The van der Waals surface area contributed by atoms with Gasteiger partial charge in [0.05, 0.1) is 0 Å². The normalized spacial score (nSPS) is 13.0. The molecule has 0 saturated carbocycles. The van der Waals surface area contributed by atoms with Crippen LogP contribution in [0.2, 0.25) is 0 Å². The molecule has 0 amide bonds. The van der Waals surface area contributed by atoms with E-state index in [9.17, 15) is 19.2 Å². The van der Waals surface area contributed by atoms with Gasteiger partial charge in [0, 0.05) is 7.11 Å². The van der Waals surface area contributed by atoms with Crippen molar-refractivity contribution in [1.82, 2.24) is 0 Å². The smallest absolute Gasteiger partial charge is 0.347 e. The summed E-state index contributed by atoms with van der Waals surface area (Å²) in [5.41, 5.74) is 0. The third kappa shape index (κ3) is 7.47. The molecule has 0 bridgehead atoms. The summed E-state index contributed by atoms with van der Waals surface area (Å²) in [6.45, 7) is 2.96. The summed E-state index contributed by atoms with van der Waals surface area (Å²) in [7, 11) is 1.32. The van der Waals surface area contributed by atoms with Gasteiger partial charge in [-0.25, -0.2) is 14.4 Å². The first-order chi connectivity index (χ1) is 9.27. The molecular formula is C12H18O8. The number of esters is 3. The summed E-state index contributed by atoms with van der Waals surface area (Å²) in [6.07, 6.45) is -1.99. The Morgan fingerprint density at radius 1 is 0.900 bits per heavy atom. The number of ether oxygens (including phenoxy) is 4. The third-order valence-electron chi connectivity index (χ3n) is 2.08. The Labute approximate surface area is 116 Å². The molecule has 0 spiro atoms. The van der Waals surface area contributed by atoms with Crippen molar-refractivity contribution in [2.75, 3.05) is 20.3 Å². The molecular weight excluding hydrogens is 272 g/mol. The van der Waals surface area contributed by atoms with Gasteiger partial charge < -0.3 is 18.9 Å². The molecule has 114 valence electrons. The summed E-state index contributed by atoms with van der Waals surface area (Å²) >= 11 is 0. The fourth-order valence-electron chi connectivity index (χ4n) is 0.886. The lowest BCUT2D eigenvalue weighted by atomic mass is 10.4. The van der Waals surface area contributed by atoms with Gasteiger partial charge in [0.25, 0.3) is 0 Å². The number of hydrogen-bond donors (Lipinski definition) is 0. The van der Waals surface area contributed by atoms with Crippen molar-refractivity contribution in [2.24, 2.45) is 0 Å². The lowest BCUT2D eigenvalue weighted by Crippen LogP contribution is -2.32. The van der Waals surface area contributed by atoms with E-state index in [1.807, 2.05) is 0 Å². The Balaban J connectivity index is 4.05. The van der Waals surface area contributed by atoms with Crippen LogP contribution < -0.4 is 0 Å². The maximum atomic E-state index is 11.4. The van der Waals surface area contributed by atoms with Crippen molar-refractivity contribution >= 4 is 23.7 Å². The van der Waals surface area contributed by atoms with Crippen LogP contribution in [0, 0.1) is 0 Å². The molecule has 0 N–H and O–H groups in total. The molecule has 0 rings (SSSR count). The first-order valence-electron chi connectivity index (χ1n) is 5.83. The van der Waals surface area contributed by atoms with Crippen LogP contribution >= 0.6 is 0 Å². The summed E-state index contributed by atoms with van der Waals surface area (Å²) in [5, 5.41) is 0. The van der Waals surface area contributed by atoms with Crippen LogP contribution in [0.4, 0.5) is 0 Å². The van der Waals surface area contributed by atoms with Crippen molar-refractivity contribution < 1.29 is 38.1 Å². The highest BCUT2D eigenvalue weighted by atomic mass is 16.6. The van der Waals surface area contributed by atoms with Crippen LogP contribution in [-0.2, 0) is 38.1 Å². The van der Waals surface area contributed by atoms with Gasteiger partial charge in [-0.1, -0.05) is 0 Å². The fourth-order valence-corrected chi connectivity index (χ4v) is 0.886. The van der Waals surface area contributed by atoms with Gasteiger partial charge in [0.15, 0.2) is 24.6 Å². The zero-order valence-electron chi connectivity index (χ0n) is 11.8. The Kier molecular flexibility index (Phi) is 8.14. The molecule has 0 aliphatic rings. The Hall–Kier alpha value is -1.96. The molecule has 20 heavy (non-hydrogen) atoms. The number of carbonyl (C=O) groups excluding carboxylic acids is 4. The summed E-state index contributed by atoms with van der Waals surface area (Å²) in [4.78, 5) is 44.4. The SMILES string of the molecule is COC(C)C(=O)OC(C)C(=O)OCC(=O)OCC(C)=O. The number of hydrogen-bond acceptors (Lipinski definition) is 8. The van der Waals surface area contributed by atoms with Crippen LogP contribution in [-0.4, -0.2) is 56.2 Å². The third-order valence-corrected chi connectivity index (χ3v) is 2.08. The Morgan fingerprint density at radius 3 is 2.00 bits per heavy atom. The molecule has 0 aromatic rings. The van der Waals surface area contributed by atoms with Crippen molar-refractivity contribution in [1.29, 1.82) is 0 Å². The largest absolute Gasteiger partial charge is 0.455 e. The monoisotopic (exact) mass is 290 g/mol. The highest BCUT2D eigenvalue weighted by molar-refractivity contribution is 5.83. The minimum absolute atomic E-state index is 0.333. The predicted molar refractivity (Wildman–Crippen MR) is 64.6 cm³/mol. The van der Waals surface area contributed by atoms with Gasteiger partial charge in [-0.3, -0.25) is 4.79 Å². The van der Waals surface area contributed by atoms with E-state index in [1.54, 1.807) is 0 Å². The predicted octanol–water partition coefficient (Wildman–Crippen LogP) is -0.372.